The zero-order valence-corrected chi connectivity index (χ0v) is 15.8. The van der Waals surface area contributed by atoms with Crippen LogP contribution in [-0.2, 0) is 4.79 Å². The summed E-state index contributed by atoms with van der Waals surface area (Å²) in [6.45, 7) is 15.4. The van der Waals surface area contributed by atoms with Gasteiger partial charge in [-0.25, -0.2) is 0 Å². The van der Waals surface area contributed by atoms with Gasteiger partial charge in [-0.3, -0.25) is 4.79 Å². The largest absolute Gasteiger partial charge is 0.295 e. The Bertz CT molecular complexity index is 621. The SMILES string of the molecule is C=C(C)C1(C)CC(N=O)C2C(CCC3=CC(=O)C[C@H](C)C32C)C1C. The summed E-state index contributed by atoms with van der Waals surface area (Å²) in [5.41, 5.74) is 2.35. The van der Waals surface area contributed by atoms with Crippen molar-refractivity contribution in [1.29, 1.82) is 0 Å². The fourth-order valence-corrected chi connectivity index (χ4v) is 6.20. The third kappa shape index (κ3) is 2.19. The van der Waals surface area contributed by atoms with E-state index in [-0.39, 0.29) is 34.5 Å². The molecule has 0 amide bonds. The summed E-state index contributed by atoms with van der Waals surface area (Å²) in [7, 11) is 0. The van der Waals surface area contributed by atoms with Gasteiger partial charge in [-0.05, 0) is 66.8 Å². The summed E-state index contributed by atoms with van der Waals surface area (Å²) in [6, 6.07) is -0.183. The molecule has 3 aliphatic carbocycles. The zero-order valence-electron chi connectivity index (χ0n) is 15.8. The van der Waals surface area contributed by atoms with Gasteiger partial charge in [-0.1, -0.05) is 50.6 Å². The van der Waals surface area contributed by atoms with E-state index in [9.17, 15) is 9.70 Å². The molecule has 0 aromatic rings. The molecule has 0 saturated heterocycles. The van der Waals surface area contributed by atoms with Gasteiger partial charge in [0.15, 0.2) is 5.78 Å². The summed E-state index contributed by atoms with van der Waals surface area (Å²) in [5.74, 6) is 1.74. The van der Waals surface area contributed by atoms with E-state index in [4.69, 9.17) is 0 Å². The molecule has 3 nitrogen and oxygen atoms in total. The van der Waals surface area contributed by atoms with Crippen molar-refractivity contribution < 1.29 is 4.79 Å². The van der Waals surface area contributed by atoms with E-state index in [1.807, 2.05) is 6.08 Å². The summed E-state index contributed by atoms with van der Waals surface area (Å²) < 4.78 is 0. The Kier molecular flexibility index (Phi) is 4.13. The van der Waals surface area contributed by atoms with Crippen LogP contribution in [0.4, 0.5) is 0 Å². The Morgan fingerprint density at radius 1 is 1.33 bits per heavy atom. The summed E-state index contributed by atoms with van der Waals surface area (Å²) in [6.07, 6.45) is 5.31. The minimum absolute atomic E-state index is 0.0228. The lowest BCUT2D eigenvalue weighted by Crippen LogP contribution is -2.57. The highest BCUT2D eigenvalue weighted by atomic mass is 16.3. The highest BCUT2D eigenvalue weighted by molar-refractivity contribution is 5.92. The first-order valence-corrected chi connectivity index (χ1v) is 9.38. The number of hydrogen-bond donors (Lipinski definition) is 0. The fraction of sp³-hybridized carbons (Fsp3) is 0.762. The second-order valence-electron chi connectivity index (χ2n) is 9.12. The number of fused-ring (bicyclic) bond motifs is 3. The van der Waals surface area contributed by atoms with Crippen molar-refractivity contribution >= 4 is 5.78 Å². The Balaban J connectivity index is 2.10. The Labute approximate surface area is 145 Å². The zero-order chi connectivity index (χ0) is 17.9. The van der Waals surface area contributed by atoms with Gasteiger partial charge >= 0.3 is 0 Å². The van der Waals surface area contributed by atoms with Gasteiger partial charge in [-0.2, -0.15) is 4.91 Å². The van der Waals surface area contributed by atoms with E-state index < -0.39 is 0 Å². The molecule has 0 bridgehead atoms. The second kappa shape index (κ2) is 5.64. The van der Waals surface area contributed by atoms with Crippen LogP contribution in [0.2, 0.25) is 0 Å². The van der Waals surface area contributed by atoms with Crippen LogP contribution in [0.3, 0.4) is 0 Å². The first-order valence-electron chi connectivity index (χ1n) is 9.38. The molecule has 3 heteroatoms. The first kappa shape index (κ1) is 17.6. The Hall–Kier alpha value is -1.25. The van der Waals surface area contributed by atoms with E-state index in [1.165, 1.54) is 11.1 Å². The van der Waals surface area contributed by atoms with Gasteiger partial charge < -0.3 is 0 Å². The van der Waals surface area contributed by atoms with Crippen LogP contribution in [0.25, 0.3) is 0 Å². The minimum Gasteiger partial charge on any atom is -0.295 e. The highest BCUT2D eigenvalue weighted by Gasteiger charge is 2.60. The average Bonchev–Trinajstić information content (AvgIpc) is 2.51. The van der Waals surface area contributed by atoms with E-state index in [0.717, 1.165) is 19.3 Å². The molecule has 0 aliphatic heterocycles. The van der Waals surface area contributed by atoms with Gasteiger partial charge in [-0.15, -0.1) is 0 Å². The first-order chi connectivity index (χ1) is 11.2. The Morgan fingerprint density at radius 3 is 2.58 bits per heavy atom. The van der Waals surface area contributed by atoms with Gasteiger partial charge in [0, 0.05) is 6.42 Å². The summed E-state index contributed by atoms with van der Waals surface area (Å²) in [4.78, 5) is 23.9. The minimum atomic E-state index is -0.183. The third-order valence-corrected chi connectivity index (χ3v) is 8.26. The predicted octanol–water partition coefficient (Wildman–Crippen LogP) is 5.31. The number of allylic oxidation sites excluding steroid dienone is 3. The molecule has 0 radical (unpaired) electrons. The van der Waals surface area contributed by atoms with Crippen molar-refractivity contribution in [3.63, 3.8) is 0 Å². The van der Waals surface area contributed by atoms with Crippen molar-refractivity contribution in [2.24, 2.45) is 39.7 Å². The van der Waals surface area contributed by atoms with Gasteiger partial charge in [0.1, 0.15) is 0 Å². The Morgan fingerprint density at radius 2 is 2.00 bits per heavy atom. The summed E-state index contributed by atoms with van der Waals surface area (Å²) >= 11 is 0. The number of ketones is 1. The molecule has 7 atom stereocenters. The monoisotopic (exact) mass is 329 g/mol. The lowest BCUT2D eigenvalue weighted by Gasteiger charge is -2.61. The van der Waals surface area contributed by atoms with E-state index in [0.29, 0.717) is 18.3 Å². The number of hydrogen-bond acceptors (Lipinski definition) is 3. The molecule has 3 rings (SSSR count). The number of nitrogens with zero attached hydrogens (tertiary/aromatic N) is 1. The van der Waals surface area contributed by atoms with Crippen molar-refractivity contribution in [2.45, 2.75) is 66.3 Å². The van der Waals surface area contributed by atoms with Crippen molar-refractivity contribution in [2.75, 3.05) is 0 Å². The molecule has 2 saturated carbocycles. The third-order valence-electron chi connectivity index (χ3n) is 8.26. The van der Waals surface area contributed by atoms with Crippen LogP contribution in [0.1, 0.15) is 60.3 Å². The molecular weight excluding hydrogens is 298 g/mol. The predicted molar refractivity (Wildman–Crippen MR) is 97.5 cm³/mol. The van der Waals surface area contributed by atoms with Crippen LogP contribution >= 0.6 is 0 Å². The van der Waals surface area contributed by atoms with Crippen molar-refractivity contribution in [3.8, 4) is 0 Å². The van der Waals surface area contributed by atoms with Crippen molar-refractivity contribution in [3.05, 3.63) is 28.7 Å². The smallest absolute Gasteiger partial charge is 0.155 e. The van der Waals surface area contributed by atoms with Crippen LogP contribution in [-0.4, -0.2) is 11.8 Å². The lowest BCUT2D eigenvalue weighted by molar-refractivity contribution is -0.120. The molecule has 132 valence electrons. The quantitative estimate of drug-likeness (QED) is 0.509. The molecule has 3 aliphatic rings. The van der Waals surface area contributed by atoms with Gasteiger partial charge in [0.2, 0.25) is 0 Å². The molecule has 6 unspecified atom stereocenters. The van der Waals surface area contributed by atoms with Crippen molar-refractivity contribution in [1.82, 2.24) is 0 Å². The lowest BCUT2D eigenvalue weighted by atomic mass is 9.43. The number of rotatable bonds is 2. The fourth-order valence-electron chi connectivity index (χ4n) is 6.20. The maximum absolute atomic E-state index is 12.1. The second-order valence-corrected chi connectivity index (χ2v) is 9.12. The average molecular weight is 329 g/mol. The molecular formula is C21H31NO2. The molecule has 0 aromatic heterocycles. The summed E-state index contributed by atoms with van der Waals surface area (Å²) in [5, 5.41) is 3.63. The normalized spacial score (nSPS) is 48.1. The topological polar surface area (TPSA) is 46.5 Å². The molecule has 24 heavy (non-hydrogen) atoms. The van der Waals surface area contributed by atoms with Crippen LogP contribution < -0.4 is 0 Å². The van der Waals surface area contributed by atoms with E-state index in [2.05, 4.69) is 46.4 Å². The molecule has 0 N–H and O–H groups in total. The molecule has 0 spiro atoms. The molecule has 2 fully saturated rings. The maximum Gasteiger partial charge on any atom is 0.155 e. The van der Waals surface area contributed by atoms with Gasteiger partial charge in [0.25, 0.3) is 0 Å². The standard InChI is InChI=1S/C21H31NO2/c1-12(2)20(5)11-18(22-24)19-17(14(20)4)8-7-15-10-16(23)9-13(3)21(15,19)6/h10,13-14,17-19H,1,7-9,11H2,2-6H3/t13-,14?,17?,18?,19?,20?,21?/m0/s1. The number of carbonyl (C=O) groups is 1. The molecule has 0 heterocycles. The molecule has 0 aromatic carbocycles. The van der Waals surface area contributed by atoms with Crippen LogP contribution in [0, 0.1) is 39.4 Å². The van der Waals surface area contributed by atoms with Crippen LogP contribution in [0.5, 0.6) is 0 Å². The van der Waals surface area contributed by atoms with Crippen LogP contribution in [0.15, 0.2) is 29.0 Å². The highest BCUT2D eigenvalue weighted by Crippen LogP contribution is 2.64. The maximum atomic E-state index is 12.1. The van der Waals surface area contributed by atoms with E-state index >= 15 is 0 Å². The van der Waals surface area contributed by atoms with E-state index in [1.54, 1.807) is 0 Å². The number of carbonyl (C=O) groups excluding carboxylic acids is 1. The van der Waals surface area contributed by atoms with Gasteiger partial charge in [0.05, 0.1) is 6.04 Å². The number of nitroso groups, excluding NO2 is 1.